The van der Waals surface area contributed by atoms with Gasteiger partial charge in [0.1, 0.15) is 29.5 Å². The number of benzene rings is 1. The summed E-state index contributed by atoms with van der Waals surface area (Å²) in [6, 6.07) is 9.58. The van der Waals surface area contributed by atoms with Crippen LogP contribution in [0.5, 0.6) is 5.75 Å². The molecule has 0 aliphatic rings. The molecule has 0 amide bonds. The van der Waals surface area contributed by atoms with Gasteiger partial charge in [-0.1, -0.05) is 0 Å². The van der Waals surface area contributed by atoms with Gasteiger partial charge in [0.2, 0.25) is 0 Å². The lowest BCUT2D eigenvalue weighted by molar-refractivity contribution is 0.415. The van der Waals surface area contributed by atoms with Crippen LogP contribution in [-0.2, 0) is 0 Å². The zero-order valence-corrected chi connectivity index (χ0v) is 11.0. The van der Waals surface area contributed by atoms with Crippen molar-refractivity contribution in [3.63, 3.8) is 0 Å². The fourth-order valence-electron chi connectivity index (χ4n) is 2.02. The van der Waals surface area contributed by atoms with Gasteiger partial charge in [-0.2, -0.15) is 5.26 Å². The number of hydrogen-bond acceptors (Lipinski definition) is 5. The van der Waals surface area contributed by atoms with Gasteiger partial charge in [0.25, 0.3) is 0 Å². The highest BCUT2D eigenvalue weighted by Crippen LogP contribution is 2.20. The van der Waals surface area contributed by atoms with Crippen LogP contribution in [0.25, 0.3) is 16.9 Å². The monoisotopic (exact) mass is 265 g/mol. The molecule has 0 saturated carbocycles. The van der Waals surface area contributed by atoms with E-state index in [-0.39, 0.29) is 0 Å². The van der Waals surface area contributed by atoms with Gasteiger partial charge >= 0.3 is 0 Å². The lowest BCUT2D eigenvalue weighted by Crippen LogP contribution is -1.98. The normalized spacial score (nSPS) is 10.4. The molecule has 0 bridgehead atoms. The van der Waals surface area contributed by atoms with Crippen molar-refractivity contribution in [2.45, 2.75) is 6.92 Å². The Kier molecular flexibility index (Phi) is 2.80. The van der Waals surface area contributed by atoms with Gasteiger partial charge in [-0.15, -0.1) is 0 Å². The van der Waals surface area contributed by atoms with Gasteiger partial charge in [0.05, 0.1) is 7.11 Å². The summed E-state index contributed by atoms with van der Waals surface area (Å²) < 4.78 is 6.96. The van der Waals surface area contributed by atoms with Crippen LogP contribution >= 0.6 is 0 Å². The smallest absolute Gasteiger partial charge is 0.172 e. The third-order valence-electron chi connectivity index (χ3n) is 2.96. The topological polar surface area (TPSA) is 76.6 Å². The van der Waals surface area contributed by atoms with Crippen LogP contribution < -0.4 is 4.74 Å². The Morgan fingerprint density at radius 3 is 2.60 bits per heavy atom. The van der Waals surface area contributed by atoms with Crippen LogP contribution in [0.15, 0.2) is 30.6 Å². The van der Waals surface area contributed by atoms with E-state index in [4.69, 9.17) is 10.00 Å². The predicted octanol–water partition coefficient (Wildman–Crippen LogP) is 2.00. The molecule has 6 heteroatoms. The Hall–Kier alpha value is -2.94. The Balaban J connectivity index is 2.21. The minimum Gasteiger partial charge on any atom is -0.497 e. The fourth-order valence-corrected chi connectivity index (χ4v) is 2.02. The van der Waals surface area contributed by atoms with Gasteiger partial charge in [-0.05, 0) is 31.2 Å². The molecule has 0 unspecified atom stereocenters. The molecule has 0 fully saturated rings. The highest BCUT2D eigenvalue weighted by Gasteiger charge is 2.12. The second kappa shape index (κ2) is 4.63. The number of fused-ring (bicyclic) bond motifs is 1. The standard InChI is InChI=1S/C14H11N5O/c1-9-17-12(7-15)13-14(18-9)19(8-16-13)10-3-5-11(20-2)6-4-10/h3-6,8H,1-2H3. The lowest BCUT2D eigenvalue weighted by Gasteiger charge is -2.05. The Bertz CT molecular complexity index is 814. The fraction of sp³-hybridized carbons (Fsp3) is 0.143. The summed E-state index contributed by atoms with van der Waals surface area (Å²) in [4.78, 5) is 12.7. The molecule has 6 nitrogen and oxygen atoms in total. The van der Waals surface area contributed by atoms with E-state index in [9.17, 15) is 0 Å². The molecule has 98 valence electrons. The maximum Gasteiger partial charge on any atom is 0.172 e. The van der Waals surface area contributed by atoms with E-state index in [0.29, 0.717) is 22.7 Å². The quantitative estimate of drug-likeness (QED) is 0.708. The molecule has 20 heavy (non-hydrogen) atoms. The van der Waals surface area contributed by atoms with Crippen molar-refractivity contribution in [2.75, 3.05) is 7.11 Å². The molecule has 0 aliphatic heterocycles. The summed E-state index contributed by atoms with van der Waals surface area (Å²) in [7, 11) is 1.62. The minimum atomic E-state index is 0.291. The van der Waals surface area contributed by atoms with Crippen LogP contribution in [0.2, 0.25) is 0 Å². The third kappa shape index (κ3) is 1.86. The summed E-state index contributed by atoms with van der Waals surface area (Å²) in [5.74, 6) is 1.33. The largest absolute Gasteiger partial charge is 0.497 e. The van der Waals surface area contributed by atoms with Gasteiger partial charge < -0.3 is 4.74 Å². The zero-order chi connectivity index (χ0) is 14.1. The second-order valence-electron chi connectivity index (χ2n) is 4.22. The van der Waals surface area contributed by atoms with Gasteiger partial charge in [-0.3, -0.25) is 4.57 Å². The zero-order valence-electron chi connectivity index (χ0n) is 11.0. The van der Waals surface area contributed by atoms with Crippen LogP contribution in [0.4, 0.5) is 0 Å². The van der Waals surface area contributed by atoms with E-state index in [2.05, 4.69) is 15.0 Å². The van der Waals surface area contributed by atoms with Crippen LogP contribution in [0.1, 0.15) is 11.5 Å². The Morgan fingerprint density at radius 1 is 1.20 bits per heavy atom. The molecule has 2 heterocycles. The van der Waals surface area contributed by atoms with Crippen molar-refractivity contribution in [3.8, 4) is 17.5 Å². The van der Waals surface area contributed by atoms with Crippen molar-refractivity contribution < 1.29 is 4.74 Å². The second-order valence-corrected chi connectivity index (χ2v) is 4.22. The van der Waals surface area contributed by atoms with E-state index in [0.717, 1.165) is 11.4 Å². The number of ether oxygens (including phenoxy) is 1. The number of imidazole rings is 1. The number of hydrogen-bond donors (Lipinski definition) is 0. The van der Waals surface area contributed by atoms with Crippen molar-refractivity contribution in [2.24, 2.45) is 0 Å². The number of rotatable bonds is 2. The summed E-state index contributed by atoms with van der Waals surface area (Å²) in [5, 5.41) is 9.10. The molecule has 3 aromatic rings. The molecule has 0 saturated heterocycles. The third-order valence-corrected chi connectivity index (χ3v) is 2.96. The average molecular weight is 265 g/mol. The van der Waals surface area contributed by atoms with E-state index in [1.54, 1.807) is 20.4 Å². The lowest BCUT2D eigenvalue weighted by atomic mass is 10.3. The molecule has 1 aromatic carbocycles. The van der Waals surface area contributed by atoms with Crippen molar-refractivity contribution in [3.05, 3.63) is 42.1 Å². The van der Waals surface area contributed by atoms with Crippen LogP contribution in [0.3, 0.4) is 0 Å². The molecule has 0 aliphatic carbocycles. The summed E-state index contributed by atoms with van der Waals surface area (Å²) in [6.45, 7) is 1.76. The van der Waals surface area contributed by atoms with E-state index < -0.39 is 0 Å². The van der Waals surface area contributed by atoms with Crippen LogP contribution in [-0.4, -0.2) is 26.6 Å². The number of methoxy groups -OCH3 is 1. The molecule has 3 rings (SSSR count). The van der Waals surface area contributed by atoms with Crippen LogP contribution in [0, 0.1) is 18.3 Å². The van der Waals surface area contributed by atoms with E-state index in [1.165, 1.54) is 0 Å². The number of nitriles is 1. The summed E-state index contributed by atoms with van der Waals surface area (Å²) in [6.07, 6.45) is 1.64. The number of aryl methyl sites for hydroxylation is 1. The predicted molar refractivity (Wildman–Crippen MR) is 72.7 cm³/mol. The molecular formula is C14H11N5O. The average Bonchev–Trinajstić information content (AvgIpc) is 2.90. The first-order chi connectivity index (χ1) is 9.72. The maximum atomic E-state index is 9.10. The minimum absolute atomic E-state index is 0.291. The maximum absolute atomic E-state index is 9.10. The molecule has 0 radical (unpaired) electrons. The summed E-state index contributed by atoms with van der Waals surface area (Å²) >= 11 is 0. The summed E-state index contributed by atoms with van der Waals surface area (Å²) in [5.41, 5.74) is 2.32. The molecular weight excluding hydrogens is 254 g/mol. The Morgan fingerprint density at radius 2 is 1.95 bits per heavy atom. The van der Waals surface area contributed by atoms with Gasteiger partial charge in [-0.25, -0.2) is 15.0 Å². The van der Waals surface area contributed by atoms with Gasteiger partial charge in [0.15, 0.2) is 11.3 Å². The molecule has 0 N–H and O–H groups in total. The van der Waals surface area contributed by atoms with Crippen molar-refractivity contribution in [1.29, 1.82) is 5.26 Å². The molecule has 0 atom stereocenters. The molecule has 2 aromatic heterocycles. The highest BCUT2D eigenvalue weighted by molar-refractivity contribution is 5.77. The first kappa shape index (κ1) is 12.1. The van der Waals surface area contributed by atoms with Crippen molar-refractivity contribution >= 4 is 11.2 Å². The van der Waals surface area contributed by atoms with E-state index in [1.807, 2.05) is 34.9 Å². The first-order valence-electron chi connectivity index (χ1n) is 5.99. The number of nitrogens with zero attached hydrogens (tertiary/aromatic N) is 5. The van der Waals surface area contributed by atoms with E-state index >= 15 is 0 Å². The first-order valence-corrected chi connectivity index (χ1v) is 5.99. The van der Waals surface area contributed by atoms with Crippen molar-refractivity contribution in [1.82, 2.24) is 19.5 Å². The van der Waals surface area contributed by atoms with Gasteiger partial charge in [0, 0.05) is 5.69 Å². The highest BCUT2D eigenvalue weighted by atomic mass is 16.5. The molecule has 0 spiro atoms. The SMILES string of the molecule is COc1ccc(-n2cnc3c(C#N)nc(C)nc32)cc1. The number of aromatic nitrogens is 4. The Labute approximate surface area is 115 Å².